The zero-order valence-corrected chi connectivity index (χ0v) is 18.8. The van der Waals surface area contributed by atoms with E-state index in [2.05, 4.69) is 15.3 Å². The highest BCUT2D eigenvalue weighted by molar-refractivity contribution is 6.33. The summed E-state index contributed by atoms with van der Waals surface area (Å²) < 4.78 is 5.90. The maximum Gasteiger partial charge on any atom is 0.244 e. The number of amides is 2. The SMILES string of the molecule is CN(C)C(=O)CN1CC(C)(C)OCC1C(=O)Nc1cc(Cl)cc2c1[nH]c1cnccc12. The largest absolute Gasteiger partial charge is 0.372 e. The van der Waals surface area contributed by atoms with E-state index in [1.807, 2.05) is 30.9 Å². The van der Waals surface area contributed by atoms with Gasteiger partial charge in [-0.25, -0.2) is 0 Å². The van der Waals surface area contributed by atoms with Crippen molar-refractivity contribution in [2.75, 3.05) is 39.1 Å². The van der Waals surface area contributed by atoms with E-state index in [1.54, 1.807) is 32.6 Å². The van der Waals surface area contributed by atoms with Crippen LogP contribution in [0.25, 0.3) is 21.8 Å². The molecular formula is C22H26ClN5O3. The quantitative estimate of drug-likeness (QED) is 0.647. The maximum atomic E-state index is 13.3. The molecule has 0 radical (unpaired) electrons. The first kappa shape index (κ1) is 21.5. The van der Waals surface area contributed by atoms with E-state index >= 15 is 0 Å². The summed E-state index contributed by atoms with van der Waals surface area (Å²) in [5.74, 6) is -0.314. The second kappa shape index (κ2) is 8.11. The molecule has 1 aromatic carbocycles. The predicted octanol–water partition coefficient (Wildman–Crippen LogP) is 2.88. The molecule has 4 rings (SSSR count). The second-order valence-electron chi connectivity index (χ2n) is 8.69. The minimum Gasteiger partial charge on any atom is -0.372 e. The third-order valence-electron chi connectivity index (χ3n) is 5.53. The van der Waals surface area contributed by atoms with E-state index in [-0.39, 0.29) is 25.0 Å². The molecule has 164 valence electrons. The average molecular weight is 444 g/mol. The number of aromatic amines is 1. The Kier molecular flexibility index (Phi) is 5.63. The normalized spacial score (nSPS) is 18.9. The number of H-pyrrole nitrogens is 1. The summed E-state index contributed by atoms with van der Waals surface area (Å²) in [6, 6.07) is 4.88. The minimum atomic E-state index is -0.600. The maximum absolute atomic E-state index is 13.3. The molecule has 1 aliphatic rings. The first-order valence-electron chi connectivity index (χ1n) is 10.1. The number of morpholine rings is 1. The summed E-state index contributed by atoms with van der Waals surface area (Å²) in [6.07, 6.45) is 3.45. The minimum absolute atomic E-state index is 0.0660. The van der Waals surface area contributed by atoms with Crippen molar-refractivity contribution >= 4 is 50.9 Å². The van der Waals surface area contributed by atoms with Crippen molar-refractivity contribution in [2.45, 2.75) is 25.5 Å². The summed E-state index contributed by atoms with van der Waals surface area (Å²) in [7, 11) is 3.41. The van der Waals surface area contributed by atoms with Gasteiger partial charge in [-0.2, -0.15) is 0 Å². The highest BCUT2D eigenvalue weighted by Crippen LogP contribution is 2.33. The number of ether oxygens (including phenoxy) is 1. The van der Waals surface area contributed by atoms with Crippen molar-refractivity contribution in [1.29, 1.82) is 0 Å². The molecule has 2 aromatic heterocycles. The number of nitrogens with zero attached hydrogens (tertiary/aromatic N) is 3. The van der Waals surface area contributed by atoms with Gasteiger partial charge in [0.1, 0.15) is 6.04 Å². The number of hydrogen-bond donors (Lipinski definition) is 2. The molecule has 2 amide bonds. The average Bonchev–Trinajstić information content (AvgIpc) is 3.06. The molecule has 31 heavy (non-hydrogen) atoms. The van der Waals surface area contributed by atoms with Crippen molar-refractivity contribution in [2.24, 2.45) is 0 Å². The van der Waals surface area contributed by atoms with Crippen LogP contribution in [0.5, 0.6) is 0 Å². The second-order valence-corrected chi connectivity index (χ2v) is 9.13. The molecule has 0 bridgehead atoms. The van der Waals surface area contributed by atoms with Crippen LogP contribution in [-0.4, -0.2) is 77.0 Å². The molecule has 3 aromatic rings. The number of carbonyl (C=O) groups is 2. The van der Waals surface area contributed by atoms with Crippen LogP contribution in [0.1, 0.15) is 13.8 Å². The van der Waals surface area contributed by atoms with Gasteiger partial charge in [-0.05, 0) is 32.0 Å². The lowest BCUT2D eigenvalue weighted by Crippen LogP contribution is -2.59. The Morgan fingerprint density at radius 3 is 2.87 bits per heavy atom. The zero-order valence-electron chi connectivity index (χ0n) is 18.0. The lowest BCUT2D eigenvalue weighted by Gasteiger charge is -2.42. The zero-order chi connectivity index (χ0) is 22.3. The molecule has 0 aliphatic carbocycles. The number of rotatable bonds is 4. The number of likely N-dealkylation sites (N-methyl/N-ethyl adjacent to an activating group) is 1. The number of pyridine rings is 1. The van der Waals surface area contributed by atoms with Crippen LogP contribution in [0.3, 0.4) is 0 Å². The predicted molar refractivity (Wildman–Crippen MR) is 121 cm³/mol. The molecule has 8 nitrogen and oxygen atoms in total. The molecule has 1 aliphatic heterocycles. The lowest BCUT2D eigenvalue weighted by atomic mass is 10.0. The van der Waals surface area contributed by atoms with Crippen molar-refractivity contribution in [3.63, 3.8) is 0 Å². The number of anilines is 1. The van der Waals surface area contributed by atoms with Crippen LogP contribution < -0.4 is 5.32 Å². The molecule has 1 unspecified atom stereocenters. The van der Waals surface area contributed by atoms with Gasteiger partial charge in [0.25, 0.3) is 0 Å². The van der Waals surface area contributed by atoms with Gasteiger partial charge in [-0.3, -0.25) is 19.5 Å². The summed E-state index contributed by atoms with van der Waals surface area (Å²) >= 11 is 6.35. The molecule has 9 heteroatoms. The molecule has 0 spiro atoms. The Bertz CT molecular complexity index is 1160. The fraction of sp³-hybridized carbons (Fsp3) is 0.409. The first-order chi connectivity index (χ1) is 14.6. The number of halogens is 1. The summed E-state index contributed by atoms with van der Waals surface area (Å²) in [6.45, 7) is 4.70. The third-order valence-corrected chi connectivity index (χ3v) is 5.75. The molecule has 1 saturated heterocycles. The first-order valence-corrected chi connectivity index (χ1v) is 10.5. The van der Waals surface area contributed by atoms with Crippen LogP contribution in [0.15, 0.2) is 30.6 Å². The summed E-state index contributed by atoms with van der Waals surface area (Å²) in [5.41, 5.74) is 1.76. The molecule has 3 heterocycles. The smallest absolute Gasteiger partial charge is 0.244 e. The van der Waals surface area contributed by atoms with E-state index in [4.69, 9.17) is 16.3 Å². The molecule has 2 N–H and O–H groups in total. The fourth-order valence-electron chi connectivity index (χ4n) is 3.91. The van der Waals surface area contributed by atoms with Gasteiger partial charge in [0.15, 0.2) is 0 Å². The fourth-order valence-corrected chi connectivity index (χ4v) is 4.13. The monoisotopic (exact) mass is 443 g/mol. The van der Waals surface area contributed by atoms with Crippen LogP contribution in [0.4, 0.5) is 5.69 Å². The number of hydrogen-bond acceptors (Lipinski definition) is 5. The van der Waals surface area contributed by atoms with Crippen molar-refractivity contribution in [3.8, 4) is 0 Å². The Morgan fingerprint density at radius 1 is 1.35 bits per heavy atom. The Hall–Kier alpha value is -2.68. The Morgan fingerprint density at radius 2 is 2.13 bits per heavy atom. The highest BCUT2D eigenvalue weighted by atomic mass is 35.5. The van der Waals surface area contributed by atoms with Gasteiger partial charge in [-0.1, -0.05) is 11.6 Å². The van der Waals surface area contributed by atoms with Crippen LogP contribution >= 0.6 is 11.6 Å². The van der Waals surface area contributed by atoms with Crippen molar-refractivity contribution < 1.29 is 14.3 Å². The van der Waals surface area contributed by atoms with E-state index in [0.717, 1.165) is 21.8 Å². The summed E-state index contributed by atoms with van der Waals surface area (Å²) in [5, 5.41) is 5.39. The summed E-state index contributed by atoms with van der Waals surface area (Å²) in [4.78, 5) is 36.5. The number of nitrogens with one attached hydrogen (secondary N) is 2. The molecule has 1 fully saturated rings. The lowest BCUT2D eigenvalue weighted by molar-refractivity contribution is -0.149. The van der Waals surface area contributed by atoms with Crippen LogP contribution in [0, 0.1) is 0 Å². The number of benzene rings is 1. The number of aromatic nitrogens is 2. The van der Waals surface area contributed by atoms with E-state index < -0.39 is 11.6 Å². The van der Waals surface area contributed by atoms with Gasteiger partial charge in [0, 0.05) is 42.6 Å². The van der Waals surface area contributed by atoms with E-state index in [9.17, 15) is 9.59 Å². The topological polar surface area (TPSA) is 90.6 Å². The van der Waals surface area contributed by atoms with Crippen LogP contribution in [-0.2, 0) is 14.3 Å². The Labute approximate surface area is 185 Å². The molecule has 1 atom stereocenters. The van der Waals surface area contributed by atoms with Gasteiger partial charge in [-0.15, -0.1) is 0 Å². The van der Waals surface area contributed by atoms with Gasteiger partial charge in [0.05, 0.1) is 41.7 Å². The Balaban J connectivity index is 1.64. The third kappa shape index (κ3) is 4.37. The highest BCUT2D eigenvalue weighted by Gasteiger charge is 2.38. The van der Waals surface area contributed by atoms with E-state index in [1.165, 1.54) is 4.90 Å². The van der Waals surface area contributed by atoms with Gasteiger partial charge < -0.3 is 19.9 Å². The van der Waals surface area contributed by atoms with E-state index in [0.29, 0.717) is 17.3 Å². The van der Waals surface area contributed by atoms with Crippen LogP contribution in [0.2, 0.25) is 5.02 Å². The van der Waals surface area contributed by atoms with Crippen molar-refractivity contribution in [3.05, 3.63) is 35.6 Å². The molecular weight excluding hydrogens is 418 g/mol. The molecule has 0 saturated carbocycles. The standard InChI is InChI=1S/C22H26ClN5O3/c1-22(2)12-28(10-19(29)27(3)4)18(11-31-22)21(30)26-16-8-13(23)7-15-14-5-6-24-9-17(14)25-20(15)16/h5-9,18,25H,10-12H2,1-4H3,(H,26,30). The van der Waals surface area contributed by atoms with Gasteiger partial charge >= 0.3 is 0 Å². The number of fused-ring (bicyclic) bond motifs is 3. The van der Waals surface area contributed by atoms with Gasteiger partial charge in [0.2, 0.25) is 11.8 Å². The van der Waals surface area contributed by atoms with Crippen molar-refractivity contribution in [1.82, 2.24) is 19.8 Å². The number of carbonyl (C=O) groups excluding carboxylic acids is 2.